The van der Waals surface area contributed by atoms with E-state index in [1.807, 2.05) is 91.9 Å². The van der Waals surface area contributed by atoms with E-state index in [1.165, 1.54) is 13.0 Å². The van der Waals surface area contributed by atoms with E-state index in [4.69, 9.17) is 5.10 Å². The van der Waals surface area contributed by atoms with Crippen LogP contribution in [-0.2, 0) is 9.59 Å². The van der Waals surface area contributed by atoms with Crippen molar-refractivity contribution in [3.8, 4) is 0 Å². The average molecular weight is 440 g/mol. The maximum atomic E-state index is 13.1. The van der Waals surface area contributed by atoms with Gasteiger partial charge in [-0.15, -0.1) is 0 Å². The summed E-state index contributed by atoms with van der Waals surface area (Å²) in [4.78, 5) is 24.9. The lowest BCUT2D eigenvalue weighted by Gasteiger charge is -2.35. The minimum atomic E-state index is -2.37. The molecule has 0 saturated carbocycles. The van der Waals surface area contributed by atoms with Crippen LogP contribution in [0.5, 0.6) is 0 Å². The van der Waals surface area contributed by atoms with Gasteiger partial charge in [0.2, 0.25) is 11.5 Å². The summed E-state index contributed by atoms with van der Waals surface area (Å²) in [6, 6.07) is 26.1. The highest BCUT2D eigenvalue weighted by molar-refractivity contribution is 6.14. The van der Waals surface area contributed by atoms with Crippen LogP contribution in [0.25, 0.3) is 5.70 Å². The van der Waals surface area contributed by atoms with Crippen LogP contribution in [0.15, 0.2) is 96.1 Å². The van der Waals surface area contributed by atoms with Crippen molar-refractivity contribution in [2.45, 2.75) is 19.6 Å². The molecule has 0 saturated heterocycles. The van der Waals surface area contributed by atoms with Gasteiger partial charge in [0.15, 0.2) is 0 Å². The number of aliphatic carboxylic acids is 1. The molecule has 6 nitrogen and oxygen atoms in total. The Morgan fingerprint density at radius 1 is 0.909 bits per heavy atom. The quantitative estimate of drug-likeness (QED) is 0.564. The van der Waals surface area contributed by atoms with Gasteiger partial charge in [0.1, 0.15) is 5.92 Å². The molecule has 0 radical (unpaired) electrons. The first-order chi connectivity index (χ1) is 15.8. The van der Waals surface area contributed by atoms with Crippen molar-refractivity contribution in [1.82, 2.24) is 5.01 Å². The molecule has 1 heterocycles. The molecule has 0 spiro atoms. The van der Waals surface area contributed by atoms with Crippen LogP contribution in [0.4, 0.5) is 0 Å². The lowest BCUT2D eigenvalue weighted by atomic mass is 9.94. The molecule has 3 aromatic rings. The number of hydrazone groups is 1. The Kier molecular flexibility index (Phi) is 5.94. The van der Waals surface area contributed by atoms with E-state index in [-0.39, 0.29) is 0 Å². The highest BCUT2D eigenvalue weighted by Gasteiger charge is 2.55. The molecule has 1 aliphatic heterocycles. The zero-order valence-corrected chi connectivity index (χ0v) is 18.3. The minimum Gasteiger partial charge on any atom is -0.481 e. The molecule has 0 aromatic heterocycles. The molecule has 0 amide bonds. The molecule has 33 heavy (non-hydrogen) atoms. The van der Waals surface area contributed by atoms with Gasteiger partial charge in [-0.25, -0.2) is 5.01 Å². The molecule has 3 aromatic carbocycles. The molecule has 2 atom stereocenters. The normalized spacial score (nSPS) is 18.6. The number of carboxylic acids is 1. The molecule has 6 heteroatoms. The predicted octanol–water partition coefficient (Wildman–Crippen LogP) is 4.08. The van der Waals surface area contributed by atoms with E-state index in [9.17, 15) is 19.8 Å². The van der Waals surface area contributed by atoms with E-state index < -0.39 is 23.4 Å². The Labute approximate surface area is 192 Å². The van der Waals surface area contributed by atoms with Crippen LogP contribution >= 0.6 is 0 Å². The van der Waals surface area contributed by atoms with Gasteiger partial charge in [-0.1, -0.05) is 90.5 Å². The standard InChI is InChI=1S/C27H24N2O4/c1-18-13-15-20(16-14-18)23-17-24(30)27(33,19(2)26(31)32)29(23)28-25(21-9-5-3-6-10-21)22-11-7-4-8-12-22/h3-17,19,33H,1-2H3,(H,31,32). The first-order valence-electron chi connectivity index (χ1n) is 10.6. The number of aliphatic hydroxyl groups is 1. The molecular weight excluding hydrogens is 416 g/mol. The summed E-state index contributed by atoms with van der Waals surface area (Å²) in [5.41, 5.74) is 1.66. The van der Waals surface area contributed by atoms with Crippen LogP contribution < -0.4 is 0 Å². The van der Waals surface area contributed by atoms with Crippen LogP contribution in [0.3, 0.4) is 0 Å². The van der Waals surface area contributed by atoms with E-state index in [0.29, 0.717) is 17.0 Å². The predicted molar refractivity (Wildman–Crippen MR) is 126 cm³/mol. The molecular formula is C27H24N2O4. The summed E-state index contributed by atoms with van der Waals surface area (Å²) in [6.45, 7) is 3.25. The van der Waals surface area contributed by atoms with Crippen molar-refractivity contribution in [3.63, 3.8) is 0 Å². The molecule has 166 valence electrons. The second kappa shape index (κ2) is 8.84. The van der Waals surface area contributed by atoms with E-state index >= 15 is 0 Å². The zero-order chi connectivity index (χ0) is 23.6. The minimum absolute atomic E-state index is 0.333. The van der Waals surface area contributed by atoms with Gasteiger partial charge in [0, 0.05) is 22.8 Å². The van der Waals surface area contributed by atoms with Crippen LogP contribution in [-0.4, -0.2) is 38.4 Å². The maximum Gasteiger partial charge on any atom is 0.311 e. The van der Waals surface area contributed by atoms with Gasteiger partial charge in [0.05, 0.1) is 11.4 Å². The van der Waals surface area contributed by atoms with Crippen LogP contribution in [0.2, 0.25) is 0 Å². The van der Waals surface area contributed by atoms with Crippen molar-refractivity contribution in [2.75, 3.05) is 0 Å². The van der Waals surface area contributed by atoms with Gasteiger partial charge in [-0.3, -0.25) is 9.59 Å². The summed E-state index contributed by atoms with van der Waals surface area (Å²) in [6.07, 6.45) is 1.27. The van der Waals surface area contributed by atoms with Gasteiger partial charge in [-0.05, 0) is 13.8 Å². The summed E-state index contributed by atoms with van der Waals surface area (Å²) in [5, 5.41) is 27.1. The third kappa shape index (κ3) is 4.08. The van der Waals surface area contributed by atoms with Crippen LogP contribution in [0, 0.1) is 12.8 Å². The SMILES string of the molecule is Cc1ccc(C2=CC(=O)C(O)(C(C)C(=O)O)N2N=C(c2ccccc2)c2ccccc2)cc1. The van der Waals surface area contributed by atoms with Crippen molar-refractivity contribution < 1.29 is 19.8 Å². The number of rotatable bonds is 6. The van der Waals surface area contributed by atoms with Crippen molar-refractivity contribution >= 4 is 23.2 Å². The summed E-state index contributed by atoms with van der Waals surface area (Å²) >= 11 is 0. The lowest BCUT2D eigenvalue weighted by molar-refractivity contribution is -0.172. The molecule has 4 rings (SSSR count). The van der Waals surface area contributed by atoms with Crippen molar-refractivity contribution in [3.05, 3.63) is 113 Å². The molecule has 1 aliphatic rings. The number of carbonyl (C=O) groups is 2. The number of aryl methyl sites for hydroxylation is 1. The number of carboxylic acid groups (broad SMARTS) is 1. The van der Waals surface area contributed by atoms with Gasteiger partial charge in [0.25, 0.3) is 0 Å². The second-order valence-corrected chi connectivity index (χ2v) is 8.04. The highest BCUT2D eigenvalue weighted by atomic mass is 16.4. The Morgan fingerprint density at radius 3 is 1.91 bits per heavy atom. The number of ketones is 1. The molecule has 0 aliphatic carbocycles. The van der Waals surface area contributed by atoms with Crippen molar-refractivity contribution in [2.24, 2.45) is 11.0 Å². The van der Waals surface area contributed by atoms with Crippen molar-refractivity contribution in [1.29, 1.82) is 0 Å². The number of carbonyl (C=O) groups excluding carboxylic acids is 1. The first-order valence-corrected chi connectivity index (χ1v) is 10.6. The number of hydrogen-bond acceptors (Lipinski definition) is 5. The van der Waals surface area contributed by atoms with E-state index in [1.54, 1.807) is 0 Å². The Hall–Kier alpha value is -4.03. The zero-order valence-electron chi connectivity index (χ0n) is 18.3. The monoisotopic (exact) mass is 440 g/mol. The Morgan fingerprint density at radius 2 is 1.42 bits per heavy atom. The topological polar surface area (TPSA) is 90.2 Å². The number of hydrogen-bond donors (Lipinski definition) is 2. The maximum absolute atomic E-state index is 13.1. The molecule has 0 fully saturated rings. The highest BCUT2D eigenvalue weighted by Crippen LogP contribution is 2.39. The molecule has 0 bridgehead atoms. The summed E-state index contributed by atoms with van der Waals surface area (Å²) in [7, 11) is 0. The molecule has 2 unspecified atom stereocenters. The fourth-order valence-corrected chi connectivity index (χ4v) is 3.78. The van der Waals surface area contributed by atoms with E-state index in [2.05, 4.69) is 0 Å². The fraction of sp³-hybridized carbons (Fsp3) is 0.148. The average Bonchev–Trinajstić information content (AvgIpc) is 3.09. The second-order valence-electron chi connectivity index (χ2n) is 8.04. The summed E-state index contributed by atoms with van der Waals surface area (Å²) < 4.78 is 0. The first kappa shape index (κ1) is 22.2. The van der Waals surface area contributed by atoms with Gasteiger partial charge in [-0.2, -0.15) is 5.10 Å². The third-order valence-corrected chi connectivity index (χ3v) is 5.80. The largest absolute Gasteiger partial charge is 0.481 e. The van der Waals surface area contributed by atoms with Crippen LogP contribution in [0.1, 0.15) is 29.2 Å². The lowest BCUT2D eigenvalue weighted by Crippen LogP contribution is -2.54. The fourth-order valence-electron chi connectivity index (χ4n) is 3.78. The Bertz CT molecular complexity index is 1190. The Balaban J connectivity index is 1.95. The summed E-state index contributed by atoms with van der Waals surface area (Å²) in [5.74, 6) is -3.46. The smallest absolute Gasteiger partial charge is 0.311 e. The third-order valence-electron chi connectivity index (χ3n) is 5.80. The van der Waals surface area contributed by atoms with Gasteiger partial charge < -0.3 is 10.2 Å². The number of benzene rings is 3. The molecule has 2 N–H and O–H groups in total. The van der Waals surface area contributed by atoms with E-state index in [0.717, 1.165) is 21.7 Å². The van der Waals surface area contributed by atoms with Gasteiger partial charge >= 0.3 is 5.97 Å². The number of nitrogens with zero attached hydrogens (tertiary/aromatic N) is 2.